The van der Waals surface area contributed by atoms with Crippen LogP contribution in [0.4, 0.5) is 0 Å². The topological polar surface area (TPSA) is 88.5 Å². The highest BCUT2D eigenvalue weighted by Gasteiger charge is 2.20. The SMILES string of the molecule is COc1ccccc1CC(CNC(=O)/C=C/c1ccncc1)C(=O)O. The lowest BCUT2D eigenvalue weighted by Gasteiger charge is -2.15. The molecule has 2 N–H and O–H groups in total. The number of benzene rings is 1. The molecule has 6 nitrogen and oxygen atoms in total. The third-order valence-corrected chi connectivity index (χ3v) is 3.66. The van der Waals surface area contributed by atoms with Gasteiger partial charge in [-0.3, -0.25) is 14.6 Å². The first-order chi connectivity index (χ1) is 12.1. The number of pyridine rings is 1. The summed E-state index contributed by atoms with van der Waals surface area (Å²) in [4.78, 5) is 27.3. The lowest BCUT2D eigenvalue weighted by atomic mass is 9.98. The van der Waals surface area contributed by atoms with Gasteiger partial charge in [0.1, 0.15) is 5.75 Å². The summed E-state index contributed by atoms with van der Waals surface area (Å²) in [7, 11) is 1.54. The summed E-state index contributed by atoms with van der Waals surface area (Å²) in [5, 5.41) is 12.0. The van der Waals surface area contributed by atoms with Crippen LogP contribution in [-0.2, 0) is 16.0 Å². The molecule has 0 saturated heterocycles. The number of methoxy groups -OCH3 is 1. The zero-order valence-corrected chi connectivity index (χ0v) is 13.9. The summed E-state index contributed by atoms with van der Waals surface area (Å²) in [6.07, 6.45) is 6.55. The first-order valence-corrected chi connectivity index (χ1v) is 7.80. The molecule has 1 aromatic heterocycles. The Morgan fingerprint density at radius 2 is 1.96 bits per heavy atom. The first-order valence-electron chi connectivity index (χ1n) is 7.80. The van der Waals surface area contributed by atoms with E-state index in [0.717, 1.165) is 11.1 Å². The first kappa shape index (κ1) is 18.2. The molecule has 6 heteroatoms. The van der Waals surface area contributed by atoms with E-state index in [1.165, 1.54) is 6.08 Å². The molecule has 1 unspecified atom stereocenters. The van der Waals surface area contributed by atoms with Crippen molar-refractivity contribution in [3.63, 3.8) is 0 Å². The highest BCUT2D eigenvalue weighted by atomic mass is 16.5. The monoisotopic (exact) mass is 340 g/mol. The van der Waals surface area contributed by atoms with Crippen molar-refractivity contribution in [3.8, 4) is 5.75 Å². The van der Waals surface area contributed by atoms with Gasteiger partial charge in [0.05, 0.1) is 13.0 Å². The number of aromatic nitrogens is 1. The number of amides is 1. The summed E-state index contributed by atoms with van der Waals surface area (Å²) >= 11 is 0. The van der Waals surface area contributed by atoms with Gasteiger partial charge in [-0.1, -0.05) is 18.2 Å². The fraction of sp³-hybridized carbons (Fsp3) is 0.211. The smallest absolute Gasteiger partial charge is 0.308 e. The Morgan fingerprint density at radius 3 is 2.64 bits per heavy atom. The molecule has 1 amide bonds. The van der Waals surface area contributed by atoms with Gasteiger partial charge >= 0.3 is 5.97 Å². The summed E-state index contributed by atoms with van der Waals surface area (Å²) < 4.78 is 5.24. The van der Waals surface area contributed by atoms with Crippen molar-refractivity contribution in [2.45, 2.75) is 6.42 Å². The molecule has 1 atom stereocenters. The van der Waals surface area contributed by atoms with Crippen LogP contribution in [0.1, 0.15) is 11.1 Å². The lowest BCUT2D eigenvalue weighted by Crippen LogP contribution is -2.33. The van der Waals surface area contributed by atoms with E-state index in [-0.39, 0.29) is 18.9 Å². The van der Waals surface area contributed by atoms with Crippen molar-refractivity contribution in [3.05, 3.63) is 66.0 Å². The largest absolute Gasteiger partial charge is 0.496 e. The van der Waals surface area contributed by atoms with Gasteiger partial charge in [0.25, 0.3) is 0 Å². The Balaban J connectivity index is 1.94. The van der Waals surface area contributed by atoms with Crippen LogP contribution in [0, 0.1) is 5.92 Å². The summed E-state index contributed by atoms with van der Waals surface area (Å²) in [6.45, 7) is 0.0346. The van der Waals surface area contributed by atoms with Gasteiger partial charge in [-0.25, -0.2) is 0 Å². The van der Waals surface area contributed by atoms with E-state index < -0.39 is 11.9 Å². The van der Waals surface area contributed by atoms with E-state index >= 15 is 0 Å². The molecular formula is C19H20N2O4. The number of carbonyl (C=O) groups is 2. The van der Waals surface area contributed by atoms with Crippen LogP contribution in [0.5, 0.6) is 5.75 Å². The molecule has 1 heterocycles. The normalized spacial score (nSPS) is 11.9. The number of ether oxygens (including phenoxy) is 1. The molecule has 0 radical (unpaired) electrons. The number of carboxylic acid groups (broad SMARTS) is 1. The maximum Gasteiger partial charge on any atom is 0.308 e. The molecule has 1 aromatic carbocycles. The Morgan fingerprint density at radius 1 is 1.24 bits per heavy atom. The molecule has 0 aliphatic carbocycles. The van der Waals surface area contributed by atoms with Crippen molar-refractivity contribution in [1.29, 1.82) is 0 Å². The van der Waals surface area contributed by atoms with Crippen LogP contribution in [0.15, 0.2) is 54.9 Å². The molecule has 25 heavy (non-hydrogen) atoms. The van der Waals surface area contributed by atoms with Gasteiger partial charge in [0.15, 0.2) is 0 Å². The highest BCUT2D eigenvalue weighted by Crippen LogP contribution is 2.21. The number of hydrogen-bond donors (Lipinski definition) is 2. The van der Waals surface area contributed by atoms with E-state index in [0.29, 0.717) is 5.75 Å². The van der Waals surface area contributed by atoms with Gasteiger partial charge in [0, 0.05) is 25.0 Å². The quantitative estimate of drug-likeness (QED) is 0.719. The minimum atomic E-state index is -0.968. The Labute approximate surface area is 146 Å². The fourth-order valence-corrected chi connectivity index (χ4v) is 2.31. The molecule has 0 saturated carbocycles. The van der Waals surface area contributed by atoms with Crippen molar-refractivity contribution < 1.29 is 19.4 Å². The third kappa shape index (κ3) is 5.76. The summed E-state index contributed by atoms with van der Waals surface area (Å²) in [5.41, 5.74) is 1.63. The number of carbonyl (C=O) groups excluding carboxylic acids is 1. The second-order valence-corrected chi connectivity index (χ2v) is 5.41. The Hall–Kier alpha value is -3.15. The molecule has 2 aromatic rings. The van der Waals surface area contributed by atoms with Gasteiger partial charge in [-0.05, 0) is 41.8 Å². The van der Waals surface area contributed by atoms with Gasteiger partial charge in [-0.2, -0.15) is 0 Å². The number of nitrogens with zero attached hydrogens (tertiary/aromatic N) is 1. The molecule has 0 aliphatic heterocycles. The van der Waals surface area contributed by atoms with Crippen LogP contribution in [0.3, 0.4) is 0 Å². The van der Waals surface area contributed by atoms with E-state index in [9.17, 15) is 14.7 Å². The second-order valence-electron chi connectivity index (χ2n) is 5.41. The number of hydrogen-bond acceptors (Lipinski definition) is 4. The summed E-state index contributed by atoms with van der Waals surface area (Å²) in [6, 6.07) is 10.8. The van der Waals surface area contributed by atoms with E-state index in [2.05, 4.69) is 10.3 Å². The molecule has 0 fully saturated rings. The minimum absolute atomic E-state index is 0.0346. The van der Waals surface area contributed by atoms with Gasteiger partial charge < -0.3 is 15.2 Å². The lowest BCUT2D eigenvalue weighted by molar-refractivity contribution is -0.141. The number of rotatable bonds is 8. The number of carboxylic acids is 1. The van der Waals surface area contributed by atoms with Crippen LogP contribution >= 0.6 is 0 Å². The average molecular weight is 340 g/mol. The minimum Gasteiger partial charge on any atom is -0.496 e. The van der Waals surface area contributed by atoms with Crippen molar-refractivity contribution in [2.24, 2.45) is 5.92 Å². The summed E-state index contributed by atoms with van der Waals surface area (Å²) in [5.74, 6) is -1.42. The van der Waals surface area contributed by atoms with Crippen LogP contribution < -0.4 is 10.1 Å². The van der Waals surface area contributed by atoms with Crippen LogP contribution in [0.25, 0.3) is 6.08 Å². The maximum absolute atomic E-state index is 11.9. The predicted molar refractivity (Wildman–Crippen MR) is 94.1 cm³/mol. The maximum atomic E-state index is 11.9. The molecular weight excluding hydrogens is 320 g/mol. The zero-order valence-electron chi connectivity index (χ0n) is 13.9. The van der Waals surface area contributed by atoms with Crippen molar-refractivity contribution in [2.75, 3.05) is 13.7 Å². The van der Waals surface area contributed by atoms with E-state index in [1.54, 1.807) is 43.8 Å². The van der Waals surface area contributed by atoms with E-state index in [1.807, 2.05) is 18.2 Å². The van der Waals surface area contributed by atoms with Crippen LogP contribution in [-0.4, -0.2) is 35.6 Å². The Bertz CT molecular complexity index is 744. The molecule has 0 bridgehead atoms. The number of aliphatic carboxylic acids is 1. The third-order valence-electron chi connectivity index (χ3n) is 3.66. The number of para-hydroxylation sites is 1. The van der Waals surface area contributed by atoms with Crippen LogP contribution in [0.2, 0.25) is 0 Å². The molecule has 0 aliphatic rings. The number of nitrogens with one attached hydrogen (secondary N) is 1. The Kier molecular flexibility index (Phi) is 6.71. The highest BCUT2D eigenvalue weighted by molar-refractivity contribution is 5.91. The van der Waals surface area contributed by atoms with Crippen molar-refractivity contribution in [1.82, 2.24) is 10.3 Å². The fourth-order valence-electron chi connectivity index (χ4n) is 2.31. The molecule has 0 spiro atoms. The van der Waals surface area contributed by atoms with Gasteiger partial charge in [0.2, 0.25) is 5.91 Å². The van der Waals surface area contributed by atoms with Gasteiger partial charge in [-0.15, -0.1) is 0 Å². The predicted octanol–water partition coefficient (Wildman–Crippen LogP) is 2.16. The second kappa shape index (κ2) is 9.22. The van der Waals surface area contributed by atoms with E-state index in [4.69, 9.17) is 4.74 Å². The molecule has 130 valence electrons. The average Bonchev–Trinajstić information content (AvgIpc) is 2.64. The van der Waals surface area contributed by atoms with Crippen molar-refractivity contribution >= 4 is 18.0 Å². The standard InChI is InChI=1S/C19H20N2O4/c1-25-17-5-3-2-4-15(17)12-16(19(23)24)13-21-18(22)7-6-14-8-10-20-11-9-14/h2-11,16H,12-13H2,1H3,(H,21,22)(H,23,24)/b7-6+. The molecule has 2 rings (SSSR count). The zero-order chi connectivity index (χ0) is 18.1.